The SMILES string of the molecule is O=C(Nc1nc(-c2c[nH]c3ccccc23)cs1)C1CC=CCC1. The van der Waals surface area contributed by atoms with Gasteiger partial charge in [0, 0.05) is 34.0 Å². The lowest BCUT2D eigenvalue weighted by molar-refractivity contribution is -0.120. The number of aromatic nitrogens is 2. The molecule has 1 aliphatic carbocycles. The van der Waals surface area contributed by atoms with E-state index in [1.165, 1.54) is 11.3 Å². The first-order valence-electron chi connectivity index (χ1n) is 7.79. The van der Waals surface area contributed by atoms with Crippen LogP contribution in [-0.2, 0) is 4.79 Å². The van der Waals surface area contributed by atoms with Crippen LogP contribution in [0, 0.1) is 5.92 Å². The highest BCUT2D eigenvalue weighted by atomic mass is 32.1. The predicted molar refractivity (Wildman–Crippen MR) is 94.5 cm³/mol. The van der Waals surface area contributed by atoms with Crippen LogP contribution >= 0.6 is 11.3 Å². The molecule has 2 heterocycles. The number of allylic oxidation sites excluding steroid dienone is 2. The number of thiazole rings is 1. The number of fused-ring (bicyclic) bond motifs is 1. The molecular formula is C18H17N3OS. The van der Waals surface area contributed by atoms with Gasteiger partial charge in [-0.2, -0.15) is 0 Å². The molecule has 1 unspecified atom stereocenters. The molecule has 0 spiro atoms. The molecule has 1 aliphatic rings. The van der Waals surface area contributed by atoms with E-state index in [0.29, 0.717) is 5.13 Å². The summed E-state index contributed by atoms with van der Waals surface area (Å²) < 4.78 is 0. The summed E-state index contributed by atoms with van der Waals surface area (Å²) in [6, 6.07) is 8.15. The van der Waals surface area contributed by atoms with Crippen LogP contribution < -0.4 is 5.32 Å². The molecule has 0 bridgehead atoms. The standard InChI is InChI=1S/C18H17N3OS/c22-17(12-6-2-1-3-7-12)21-18-20-16(11-23-18)14-10-19-15-9-5-4-8-13(14)15/h1-2,4-5,8-12,19H,3,6-7H2,(H,20,21,22). The maximum Gasteiger partial charge on any atom is 0.229 e. The summed E-state index contributed by atoms with van der Waals surface area (Å²) in [7, 11) is 0. The van der Waals surface area contributed by atoms with Crippen LogP contribution in [0.5, 0.6) is 0 Å². The van der Waals surface area contributed by atoms with Gasteiger partial charge < -0.3 is 10.3 Å². The van der Waals surface area contributed by atoms with Crippen molar-refractivity contribution in [2.45, 2.75) is 19.3 Å². The Morgan fingerprint density at radius 1 is 1.30 bits per heavy atom. The number of rotatable bonds is 3. The number of aromatic amines is 1. The monoisotopic (exact) mass is 323 g/mol. The fourth-order valence-corrected chi connectivity index (χ4v) is 3.69. The van der Waals surface area contributed by atoms with Crippen molar-refractivity contribution >= 4 is 33.3 Å². The highest BCUT2D eigenvalue weighted by molar-refractivity contribution is 7.14. The van der Waals surface area contributed by atoms with E-state index in [-0.39, 0.29) is 11.8 Å². The Balaban J connectivity index is 1.55. The van der Waals surface area contributed by atoms with Crippen LogP contribution in [0.15, 0.2) is 48.0 Å². The molecule has 0 fully saturated rings. The number of hydrogen-bond acceptors (Lipinski definition) is 3. The zero-order chi connectivity index (χ0) is 15.6. The topological polar surface area (TPSA) is 57.8 Å². The first-order valence-corrected chi connectivity index (χ1v) is 8.67. The number of carbonyl (C=O) groups is 1. The van der Waals surface area contributed by atoms with Gasteiger partial charge in [0.15, 0.2) is 5.13 Å². The van der Waals surface area contributed by atoms with E-state index < -0.39 is 0 Å². The number of carbonyl (C=O) groups excluding carboxylic acids is 1. The highest BCUT2D eigenvalue weighted by Gasteiger charge is 2.20. The zero-order valence-corrected chi connectivity index (χ0v) is 13.4. The summed E-state index contributed by atoms with van der Waals surface area (Å²) in [5.74, 6) is 0.148. The van der Waals surface area contributed by atoms with Gasteiger partial charge in [0.25, 0.3) is 0 Å². The van der Waals surface area contributed by atoms with E-state index in [1.807, 2.05) is 29.8 Å². The van der Waals surface area contributed by atoms with Crippen molar-refractivity contribution in [1.82, 2.24) is 9.97 Å². The van der Waals surface area contributed by atoms with Gasteiger partial charge in [-0.05, 0) is 25.3 Å². The van der Waals surface area contributed by atoms with E-state index in [9.17, 15) is 4.79 Å². The fraction of sp³-hybridized carbons (Fsp3) is 0.222. The molecule has 1 amide bonds. The molecule has 4 nitrogen and oxygen atoms in total. The third kappa shape index (κ3) is 2.80. The van der Waals surface area contributed by atoms with E-state index in [2.05, 4.69) is 33.5 Å². The van der Waals surface area contributed by atoms with Crippen LogP contribution in [0.25, 0.3) is 22.2 Å². The average molecular weight is 323 g/mol. The van der Waals surface area contributed by atoms with Gasteiger partial charge in [-0.3, -0.25) is 4.79 Å². The normalized spacial score (nSPS) is 17.5. The van der Waals surface area contributed by atoms with Crippen LogP contribution in [0.2, 0.25) is 0 Å². The minimum atomic E-state index is 0.0699. The number of anilines is 1. The molecule has 0 aliphatic heterocycles. The second kappa shape index (κ2) is 6.01. The molecule has 2 aromatic heterocycles. The molecule has 0 saturated heterocycles. The number of para-hydroxylation sites is 1. The number of nitrogens with one attached hydrogen (secondary N) is 2. The molecule has 1 aromatic carbocycles. The van der Waals surface area contributed by atoms with Crippen molar-refractivity contribution < 1.29 is 4.79 Å². The van der Waals surface area contributed by atoms with E-state index >= 15 is 0 Å². The lowest BCUT2D eigenvalue weighted by Gasteiger charge is -2.15. The summed E-state index contributed by atoms with van der Waals surface area (Å²) in [6.45, 7) is 0. The second-order valence-corrected chi connectivity index (χ2v) is 6.61. The van der Waals surface area contributed by atoms with Crippen LogP contribution in [0.1, 0.15) is 19.3 Å². The minimum Gasteiger partial charge on any atom is -0.360 e. The molecule has 1 atom stereocenters. The van der Waals surface area contributed by atoms with E-state index in [1.54, 1.807) is 0 Å². The van der Waals surface area contributed by atoms with Crippen molar-refractivity contribution in [3.63, 3.8) is 0 Å². The molecule has 2 N–H and O–H groups in total. The van der Waals surface area contributed by atoms with E-state index in [0.717, 1.165) is 41.4 Å². The molecule has 0 radical (unpaired) electrons. The minimum absolute atomic E-state index is 0.0699. The molecule has 23 heavy (non-hydrogen) atoms. The number of amides is 1. The van der Waals surface area contributed by atoms with Gasteiger partial charge in [0.2, 0.25) is 5.91 Å². The Hall–Kier alpha value is -2.40. The maximum absolute atomic E-state index is 12.3. The third-order valence-electron chi connectivity index (χ3n) is 4.24. The quantitative estimate of drug-likeness (QED) is 0.693. The first-order chi connectivity index (χ1) is 11.3. The van der Waals surface area contributed by atoms with Crippen molar-refractivity contribution in [2.75, 3.05) is 5.32 Å². The zero-order valence-electron chi connectivity index (χ0n) is 12.6. The summed E-state index contributed by atoms with van der Waals surface area (Å²) >= 11 is 1.47. The summed E-state index contributed by atoms with van der Waals surface area (Å²) in [5.41, 5.74) is 3.05. The summed E-state index contributed by atoms with van der Waals surface area (Å²) in [6.07, 6.45) is 8.93. The van der Waals surface area contributed by atoms with Gasteiger partial charge in [-0.1, -0.05) is 30.4 Å². The van der Waals surface area contributed by atoms with Crippen LogP contribution in [-0.4, -0.2) is 15.9 Å². The van der Waals surface area contributed by atoms with Gasteiger partial charge in [-0.15, -0.1) is 11.3 Å². The maximum atomic E-state index is 12.3. The van der Waals surface area contributed by atoms with Crippen molar-refractivity contribution in [2.24, 2.45) is 5.92 Å². The van der Waals surface area contributed by atoms with Gasteiger partial charge in [0.05, 0.1) is 5.69 Å². The number of benzene rings is 1. The third-order valence-corrected chi connectivity index (χ3v) is 5.00. The van der Waals surface area contributed by atoms with E-state index in [4.69, 9.17) is 0 Å². The predicted octanol–water partition coefficient (Wildman–Crippen LogP) is 4.59. The van der Waals surface area contributed by atoms with Gasteiger partial charge >= 0.3 is 0 Å². The summed E-state index contributed by atoms with van der Waals surface area (Å²) in [5, 5.41) is 6.78. The number of hydrogen-bond donors (Lipinski definition) is 2. The smallest absolute Gasteiger partial charge is 0.229 e. The highest BCUT2D eigenvalue weighted by Crippen LogP contribution is 2.31. The van der Waals surface area contributed by atoms with Gasteiger partial charge in [0.1, 0.15) is 0 Å². The van der Waals surface area contributed by atoms with Crippen LogP contribution in [0.4, 0.5) is 5.13 Å². The molecule has 116 valence electrons. The lowest BCUT2D eigenvalue weighted by atomic mass is 9.94. The average Bonchev–Trinajstić information content (AvgIpc) is 3.22. The number of nitrogens with zero attached hydrogens (tertiary/aromatic N) is 1. The second-order valence-electron chi connectivity index (χ2n) is 5.76. The van der Waals surface area contributed by atoms with Crippen molar-refractivity contribution in [1.29, 1.82) is 0 Å². The van der Waals surface area contributed by atoms with Gasteiger partial charge in [-0.25, -0.2) is 4.98 Å². The number of H-pyrrole nitrogens is 1. The Labute approximate surface area is 138 Å². The van der Waals surface area contributed by atoms with Crippen molar-refractivity contribution in [3.05, 3.63) is 48.0 Å². The first kappa shape index (κ1) is 14.2. The Bertz CT molecular complexity index is 877. The Morgan fingerprint density at radius 3 is 3.09 bits per heavy atom. The Morgan fingerprint density at radius 2 is 2.22 bits per heavy atom. The molecule has 3 aromatic rings. The van der Waals surface area contributed by atoms with Crippen molar-refractivity contribution in [3.8, 4) is 11.3 Å². The molecular weight excluding hydrogens is 306 g/mol. The fourth-order valence-electron chi connectivity index (χ4n) is 2.98. The summed E-state index contributed by atoms with van der Waals surface area (Å²) in [4.78, 5) is 20.1. The Kier molecular flexibility index (Phi) is 3.71. The molecule has 5 heteroatoms. The molecule has 4 rings (SSSR count). The van der Waals surface area contributed by atoms with Crippen LogP contribution in [0.3, 0.4) is 0 Å². The molecule has 0 saturated carbocycles. The largest absolute Gasteiger partial charge is 0.360 e. The lowest BCUT2D eigenvalue weighted by Crippen LogP contribution is -2.23.